The first-order valence-electron chi connectivity index (χ1n) is 6.94. The minimum atomic E-state index is -2.88. The Balaban J connectivity index is 3.11. The van der Waals surface area contributed by atoms with Gasteiger partial charge in [0, 0.05) is 14.7 Å². The molecular formula is C11H20N2O9. The number of carboxylic acids is 1. The van der Waals surface area contributed by atoms with Crippen molar-refractivity contribution in [2.24, 2.45) is 5.73 Å². The standard InChI is InChI=1S/C11H20N2O9/c1-3(14)13-5-4(15)2-11(21,10(19)20)22-8(5)6(16)7(17)9(12)18/h4-9,15-18,21H,2,12H2,1H3,(H,13,14)(H,19,20)/t4-,5+,6+,7-,8+,9?,11?/m0/s1/i1D. The lowest BCUT2D eigenvalue weighted by Crippen LogP contribution is -2.68. The molecule has 0 radical (unpaired) electrons. The predicted molar refractivity (Wildman–Crippen MR) is 67.9 cm³/mol. The molecule has 2 unspecified atom stereocenters. The molecule has 1 amide bonds. The topological polar surface area (TPSA) is 203 Å². The van der Waals surface area contributed by atoms with Crippen molar-refractivity contribution in [3.63, 3.8) is 0 Å². The number of aliphatic carboxylic acids is 1. The third-order valence-electron chi connectivity index (χ3n) is 3.28. The van der Waals surface area contributed by atoms with E-state index < -0.39 is 67.7 Å². The molecule has 0 spiro atoms. The maximum absolute atomic E-state index is 11.3. The number of nitrogens with two attached hydrogens (primary N) is 1. The average Bonchev–Trinajstić information content (AvgIpc) is 2.47. The zero-order valence-electron chi connectivity index (χ0n) is 12.4. The Kier molecular flexibility index (Phi) is 5.28. The van der Waals surface area contributed by atoms with Crippen molar-refractivity contribution in [1.29, 1.82) is 0 Å². The Morgan fingerprint density at radius 3 is 2.50 bits per heavy atom. The highest BCUT2D eigenvalue weighted by molar-refractivity contribution is 5.76. The molecule has 1 fully saturated rings. The van der Waals surface area contributed by atoms with E-state index in [1.807, 2.05) is 0 Å². The van der Waals surface area contributed by atoms with Crippen LogP contribution in [-0.2, 0) is 14.3 Å². The summed E-state index contributed by atoms with van der Waals surface area (Å²) in [6.45, 7) is -0.725. The molecule has 22 heavy (non-hydrogen) atoms. The van der Waals surface area contributed by atoms with Crippen molar-refractivity contribution in [3.05, 3.63) is 0 Å². The van der Waals surface area contributed by atoms with Crippen LogP contribution in [0.3, 0.4) is 0 Å². The van der Waals surface area contributed by atoms with Crippen molar-refractivity contribution < 1.29 is 46.3 Å². The number of ether oxygens (including phenoxy) is 1. The molecule has 11 nitrogen and oxygen atoms in total. The molecule has 128 valence electrons. The molecular weight excluding hydrogens is 304 g/mol. The third-order valence-corrected chi connectivity index (χ3v) is 3.28. The van der Waals surface area contributed by atoms with Gasteiger partial charge < -0.3 is 46.4 Å². The van der Waals surface area contributed by atoms with Gasteiger partial charge in [-0.25, -0.2) is 4.79 Å². The number of hydrogen-bond donors (Lipinski definition) is 8. The highest BCUT2D eigenvalue weighted by Crippen LogP contribution is 2.30. The van der Waals surface area contributed by atoms with Gasteiger partial charge in [-0.05, 0) is 0 Å². The molecule has 1 saturated heterocycles. The van der Waals surface area contributed by atoms with Gasteiger partial charge in [0.25, 0.3) is 5.79 Å². The molecule has 9 N–H and O–H groups in total. The first kappa shape index (κ1) is 17.0. The highest BCUT2D eigenvalue weighted by Gasteiger charge is 2.54. The van der Waals surface area contributed by atoms with Crippen LogP contribution >= 0.6 is 0 Å². The summed E-state index contributed by atoms with van der Waals surface area (Å²) < 4.78 is 11.8. The zero-order valence-corrected chi connectivity index (χ0v) is 11.4. The normalized spacial score (nSPS) is 36.8. The van der Waals surface area contributed by atoms with Gasteiger partial charge in [0.15, 0.2) is 0 Å². The SMILES string of the molecule is [2H]CC(=O)N[C@H]1[C@H]([C@H](O)[C@H](O)C(N)O)OC(O)(C(=O)O)C[C@@H]1O. The van der Waals surface area contributed by atoms with E-state index in [4.69, 9.17) is 22.1 Å². The van der Waals surface area contributed by atoms with E-state index in [0.29, 0.717) is 0 Å². The second-order valence-corrected chi connectivity index (χ2v) is 5.01. The van der Waals surface area contributed by atoms with Crippen LogP contribution in [-0.4, -0.2) is 85.0 Å². The van der Waals surface area contributed by atoms with E-state index in [0.717, 1.165) is 0 Å². The fourth-order valence-electron chi connectivity index (χ4n) is 2.16. The molecule has 1 heterocycles. The summed E-state index contributed by atoms with van der Waals surface area (Å²) in [5.74, 6) is -5.62. The minimum Gasteiger partial charge on any atom is -0.477 e. The van der Waals surface area contributed by atoms with Gasteiger partial charge in [0.1, 0.15) is 24.5 Å². The smallest absolute Gasteiger partial charge is 0.364 e. The van der Waals surface area contributed by atoms with Gasteiger partial charge >= 0.3 is 5.97 Å². The lowest BCUT2D eigenvalue weighted by atomic mass is 9.88. The number of aliphatic hydroxyl groups is 5. The summed E-state index contributed by atoms with van der Waals surface area (Å²) in [6.07, 6.45) is -10.3. The molecule has 0 aliphatic carbocycles. The van der Waals surface area contributed by atoms with Crippen molar-refractivity contribution >= 4 is 11.9 Å². The number of carbonyl (C=O) groups is 2. The van der Waals surface area contributed by atoms with Crippen LogP contribution in [0.15, 0.2) is 0 Å². The Morgan fingerprint density at radius 1 is 1.45 bits per heavy atom. The Bertz CT molecular complexity index is 451. The van der Waals surface area contributed by atoms with Crippen LogP contribution in [0.25, 0.3) is 0 Å². The van der Waals surface area contributed by atoms with Crippen LogP contribution < -0.4 is 11.1 Å². The lowest BCUT2D eigenvalue weighted by molar-refractivity contribution is -0.296. The van der Waals surface area contributed by atoms with Gasteiger partial charge in [0.2, 0.25) is 5.91 Å². The second kappa shape index (κ2) is 6.83. The molecule has 11 heteroatoms. The summed E-state index contributed by atoms with van der Waals surface area (Å²) in [5.41, 5.74) is 5.01. The molecule has 7 atom stereocenters. The van der Waals surface area contributed by atoms with E-state index in [9.17, 15) is 30.0 Å². The number of carbonyl (C=O) groups excluding carboxylic acids is 1. The van der Waals surface area contributed by atoms with E-state index >= 15 is 0 Å². The zero-order chi connectivity index (χ0) is 17.9. The number of nitrogens with one attached hydrogen (secondary N) is 1. The Hall–Kier alpha value is -1.34. The maximum Gasteiger partial charge on any atom is 0.364 e. The van der Waals surface area contributed by atoms with E-state index in [1.54, 1.807) is 0 Å². The summed E-state index contributed by atoms with van der Waals surface area (Å²) in [5, 5.41) is 59.6. The van der Waals surface area contributed by atoms with Crippen LogP contribution in [0.1, 0.15) is 14.7 Å². The first-order chi connectivity index (χ1) is 10.5. The van der Waals surface area contributed by atoms with Gasteiger partial charge in [-0.1, -0.05) is 0 Å². The summed E-state index contributed by atoms with van der Waals surface area (Å²) in [7, 11) is 0. The van der Waals surface area contributed by atoms with Crippen molar-refractivity contribution in [1.82, 2.24) is 5.32 Å². The largest absolute Gasteiger partial charge is 0.477 e. The molecule has 0 aromatic carbocycles. The van der Waals surface area contributed by atoms with E-state index in [-0.39, 0.29) is 0 Å². The number of amides is 1. The Morgan fingerprint density at radius 2 is 2.05 bits per heavy atom. The fraction of sp³-hybridized carbons (Fsp3) is 0.818. The highest BCUT2D eigenvalue weighted by atomic mass is 16.7. The third kappa shape index (κ3) is 3.89. The van der Waals surface area contributed by atoms with Crippen molar-refractivity contribution in [2.75, 3.05) is 0 Å². The molecule has 0 saturated carbocycles. The second-order valence-electron chi connectivity index (χ2n) is 5.01. The number of carboxylic acid groups (broad SMARTS) is 1. The fourth-order valence-corrected chi connectivity index (χ4v) is 2.16. The van der Waals surface area contributed by atoms with E-state index in [2.05, 4.69) is 5.32 Å². The monoisotopic (exact) mass is 325 g/mol. The quantitative estimate of drug-likeness (QED) is 0.227. The molecule has 1 aliphatic rings. The number of hydrogen-bond acceptors (Lipinski definition) is 9. The van der Waals surface area contributed by atoms with Crippen LogP contribution in [0.4, 0.5) is 0 Å². The molecule has 0 aromatic heterocycles. The van der Waals surface area contributed by atoms with Crippen molar-refractivity contribution in [2.45, 2.75) is 55.8 Å². The molecule has 1 rings (SSSR count). The molecule has 1 aliphatic heterocycles. The van der Waals surface area contributed by atoms with Crippen molar-refractivity contribution in [3.8, 4) is 0 Å². The van der Waals surface area contributed by atoms with Crippen LogP contribution in [0.2, 0.25) is 0 Å². The predicted octanol–water partition coefficient (Wildman–Crippen LogP) is -4.59. The van der Waals surface area contributed by atoms with Crippen LogP contribution in [0, 0.1) is 0 Å². The van der Waals surface area contributed by atoms with Gasteiger partial charge in [-0.3, -0.25) is 4.79 Å². The summed E-state index contributed by atoms with van der Waals surface area (Å²) in [6, 6.07) is -1.45. The lowest BCUT2D eigenvalue weighted by Gasteiger charge is -2.44. The van der Waals surface area contributed by atoms with Gasteiger partial charge in [-0.15, -0.1) is 0 Å². The molecule has 0 aromatic rings. The first-order valence-corrected chi connectivity index (χ1v) is 6.23. The maximum atomic E-state index is 11.3. The number of aliphatic hydroxyl groups excluding tert-OH is 4. The Labute approximate surface area is 126 Å². The van der Waals surface area contributed by atoms with E-state index in [1.165, 1.54) is 0 Å². The summed E-state index contributed by atoms with van der Waals surface area (Å²) >= 11 is 0. The van der Waals surface area contributed by atoms with Gasteiger partial charge in [0.05, 0.1) is 12.1 Å². The number of rotatable bonds is 5. The van der Waals surface area contributed by atoms with Gasteiger partial charge in [-0.2, -0.15) is 0 Å². The van der Waals surface area contributed by atoms with Crippen LogP contribution in [0.5, 0.6) is 0 Å². The molecule has 0 bridgehead atoms. The average molecular weight is 325 g/mol. The summed E-state index contributed by atoms with van der Waals surface area (Å²) in [4.78, 5) is 22.4. The minimum absolute atomic E-state index is 0.725.